The fraction of sp³-hybridized carbons (Fsp3) is 0.273. The zero-order valence-corrected chi connectivity index (χ0v) is 11.3. The van der Waals surface area contributed by atoms with E-state index in [-0.39, 0.29) is 5.88 Å². The summed E-state index contributed by atoms with van der Waals surface area (Å²) in [6, 6.07) is 3.24. The summed E-state index contributed by atoms with van der Waals surface area (Å²) in [5.41, 5.74) is 1.02. The SMILES string of the molecule is COc1ccc(-n2cnc(C(F)F)n2)c(CCl)c1Cl. The first-order valence-corrected chi connectivity index (χ1v) is 6.11. The summed E-state index contributed by atoms with van der Waals surface area (Å²) in [7, 11) is 1.48. The molecule has 1 heterocycles. The molecular weight excluding hydrogens is 299 g/mol. The van der Waals surface area contributed by atoms with E-state index >= 15 is 0 Å². The van der Waals surface area contributed by atoms with E-state index in [0.717, 1.165) is 0 Å². The molecule has 0 saturated heterocycles. The van der Waals surface area contributed by atoms with Crippen LogP contribution in [0.4, 0.5) is 8.78 Å². The van der Waals surface area contributed by atoms with Crippen LogP contribution in [0.2, 0.25) is 5.02 Å². The fourth-order valence-corrected chi connectivity index (χ4v) is 2.22. The van der Waals surface area contributed by atoms with Crippen LogP contribution in [-0.2, 0) is 5.88 Å². The number of nitrogens with zero attached hydrogens (tertiary/aromatic N) is 3. The predicted molar refractivity (Wildman–Crippen MR) is 67.4 cm³/mol. The first-order valence-electron chi connectivity index (χ1n) is 5.20. The van der Waals surface area contributed by atoms with Gasteiger partial charge in [-0.15, -0.1) is 16.7 Å². The van der Waals surface area contributed by atoms with Crippen LogP contribution >= 0.6 is 23.2 Å². The number of hydrogen-bond acceptors (Lipinski definition) is 3. The molecule has 19 heavy (non-hydrogen) atoms. The van der Waals surface area contributed by atoms with Gasteiger partial charge in [0.15, 0.2) is 0 Å². The monoisotopic (exact) mass is 307 g/mol. The summed E-state index contributed by atoms with van der Waals surface area (Å²) in [5, 5.41) is 4.01. The molecule has 0 saturated carbocycles. The Hall–Kier alpha value is -1.40. The van der Waals surface area contributed by atoms with Crippen molar-refractivity contribution in [1.29, 1.82) is 0 Å². The van der Waals surface area contributed by atoms with Crippen molar-refractivity contribution in [3.8, 4) is 11.4 Å². The second-order valence-electron chi connectivity index (χ2n) is 3.56. The lowest BCUT2D eigenvalue weighted by Crippen LogP contribution is -2.02. The minimum absolute atomic E-state index is 0.0925. The van der Waals surface area contributed by atoms with Crippen LogP contribution < -0.4 is 4.74 Å². The van der Waals surface area contributed by atoms with Crippen LogP contribution in [0.3, 0.4) is 0 Å². The van der Waals surface area contributed by atoms with Gasteiger partial charge in [0.05, 0.1) is 23.7 Å². The van der Waals surface area contributed by atoms with Crippen LogP contribution in [0.15, 0.2) is 18.5 Å². The molecule has 0 radical (unpaired) electrons. The third kappa shape index (κ3) is 2.64. The van der Waals surface area contributed by atoms with E-state index < -0.39 is 12.2 Å². The normalized spacial score (nSPS) is 11.1. The van der Waals surface area contributed by atoms with Crippen LogP contribution in [0, 0.1) is 0 Å². The summed E-state index contributed by atoms with van der Waals surface area (Å²) in [4.78, 5) is 3.52. The largest absolute Gasteiger partial charge is 0.495 e. The molecule has 1 aromatic heterocycles. The van der Waals surface area contributed by atoms with E-state index in [4.69, 9.17) is 27.9 Å². The molecule has 2 rings (SSSR count). The van der Waals surface area contributed by atoms with E-state index in [1.807, 2.05) is 0 Å². The van der Waals surface area contributed by atoms with Crippen molar-refractivity contribution in [2.24, 2.45) is 0 Å². The fourth-order valence-electron chi connectivity index (χ4n) is 1.58. The van der Waals surface area contributed by atoms with Crippen molar-refractivity contribution >= 4 is 23.2 Å². The minimum atomic E-state index is -2.73. The van der Waals surface area contributed by atoms with Crippen molar-refractivity contribution in [2.45, 2.75) is 12.3 Å². The molecule has 2 aromatic rings. The number of aromatic nitrogens is 3. The molecular formula is C11H9Cl2F2N3O. The summed E-state index contributed by atoms with van der Waals surface area (Å²) in [5.74, 6) is -0.00220. The van der Waals surface area contributed by atoms with Crippen molar-refractivity contribution in [3.05, 3.63) is 34.9 Å². The number of hydrogen-bond donors (Lipinski definition) is 0. The van der Waals surface area contributed by atoms with Gasteiger partial charge in [-0.05, 0) is 12.1 Å². The molecule has 0 aliphatic heterocycles. The Morgan fingerprint density at radius 1 is 1.42 bits per heavy atom. The van der Waals surface area contributed by atoms with E-state index in [0.29, 0.717) is 22.0 Å². The minimum Gasteiger partial charge on any atom is -0.495 e. The lowest BCUT2D eigenvalue weighted by atomic mass is 10.2. The first-order chi connectivity index (χ1) is 9.08. The highest BCUT2D eigenvalue weighted by atomic mass is 35.5. The molecule has 0 aliphatic rings. The third-order valence-electron chi connectivity index (χ3n) is 2.49. The van der Waals surface area contributed by atoms with E-state index in [1.54, 1.807) is 12.1 Å². The highest BCUT2D eigenvalue weighted by Gasteiger charge is 2.17. The average Bonchev–Trinajstić information content (AvgIpc) is 2.87. The van der Waals surface area contributed by atoms with Gasteiger partial charge in [-0.25, -0.2) is 18.4 Å². The molecule has 0 unspecified atom stereocenters. The van der Waals surface area contributed by atoms with Gasteiger partial charge in [0.2, 0.25) is 5.82 Å². The zero-order valence-electron chi connectivity index (χ0n) is 9.78. The van der Waals surface area contributed by atoms with E-state index in [2.05, 4.69) is 10.1 Å². The van der Waals surface area contributed by atoms with Gasteiger partial charge in [-0.2, -0.15) is 0 Å². The van der Waals surface area contributed by atoms with Gasteiger partial charge in [0, 0.05) is 5.56 Å². The molecule has 8 heteroatoms. The molecule has 0 fully saturated rings. The Kier molecular flexibility index (Phi) is 4.21. The van der Waals surface area contributed by atoms with Gasteiger partial charge < -0.3 is 4.74 Å². The summed E-state index contributed by atoms with van der Waals surface area (Å²) < 4.78 is 31.2. The zero-order chi connectivity index (χ0) is 14.0. The average molecular weight is 308 g/mol. The predicted octanol–water partition coefficient (Wildman–Crippen LogP) is 3.61. The van der Waals surface area contributed by atoms with E-state index in [9.17, 15) is 8.78 Å². The number of alkyl halides is 3. The van der Waals surface area contributed by atoms with E-state index in [1.165, 1.54) is 18.1 Å². The van der Waals surface area contributed by atoms with Crippen molar-refractivity contribution in [3.63, 3.8) is 0 Å². The lowest BCUT2D eigenvalue weighted by molar-refractivity contribution is 0.140. The number of methoxy groups -OCH3 is 1. The molecule has 4 nitrogen and oxygen atoms in total. The highest BCUT2D eigenvalue weighted by molar-refractivity contribution is 6.34. The maximum Gasteiger partial charge on any atom is 0.299 e. The van der Waals surface area contributed by atoms with Crippen LogP contribution in [0.5, 0.6) is 5.75 Å². The number of ether oxygens (including phenoxy) is 1. The van der Waals surface area contributed by atoms with Crippen LogP contribution in [0.1, 0.15) is 17.8 Å². The molecule has 0 N–H and O–H groups in total. The topological polar surface area (TPSA) is 39.9 Å². The smallest absolute Gasteiger partial charge is 0.299 e. The van der Waals surface area contributed by atoms with Gasteiger partial charge in [0.1, 0.15) is 12.1 Å². The maximum absolute atomic E-state index is 12.5. The number of benzene rings is 1. The Bertz CT molecular complexity index is 589. The standard InChI is InChI=1S/C11H9Cl2F2N3O/c1-19-8-3-2-7(6(4-12)9(8)13)18-5-16-11(17-18)10(14)15/h2-3,5,10H,4H2,1H3. The van der Waals surface area contributed by atoms with Gasteiger partial charge >= 0.3 is 0 Å². The van der Waals surface area contributed by atoms with Crippen molar-refractivity contribution < 1.29 is 13.5 Å². The summed E-state index contributed by atoms with van der Waals surface area (Å²) in [6.45, 7) is 0. The molecule has 0 aliphatic carbocycles. The Balaban J connectivity index is 2.52. The lowest BCUT2D eigenvalue weighted by Gasteiger charge is -2.11. The molecule has 102 valence electrons. The molecule has 0 spiro atoms. The highest BCUT2D eigenvalue weighted by Crippen LogP contribution is 2.33. The molecule has 0 amide bonds. The Labute approximate surface area is 117 Å². The Morgan fingerprint density at radius 3 is 2.68 bits per heavy atom. The van der Waals surface area contributed by atoms with Crippen LogP contribution in [-0.4, -0.2) is 21.9 Å². The Morgan fingerprint density at radius 2 is 2.16 bits per heavy atom. The summed E-state index contributed by atoms with van der Waals surface area (Å²) in [6.07, 6.45) is -1.54. The molecule has 0 atom stereocenters. The van der Waals surface area contributed by atoms with Gasteiger partial charge in [-0.1, -0.05) is 11.6 Å². The first kappa shape index (κ1) is 14.0. The van der Waals surface area contributed by atoms with Crippen molar-refractivity contribution in [2.75, 3.05) is 7.11 Å². The second kappa shape index (κ2) is 5.71. The van der Waals surface area contributed by atoms with Crippen molar-refractivity contribution in [1.82, 2.24) is 14.8 Å². The molecule has 1 aromatic carbocycles. The second-order valence-corrected chi connectivity index (χ2v) is 4.21. The van der Waals surface area contributed by atoms with Crippen LogP contribution in [0.25, 0.3) is 5.69 Å². The number of halogens is 4. The maximum atomic E-state index is 12.5. The number of rotatable bonds is 4. The van der Waals surface area contributed by atoms with Gasteiger partial charge in [-0.3, -0.25) is 0 Å². The summed E-state index contributed by atoms with van der Waals surface area (Å²) >= 11 is 12.0. The quantitative estimate of drug-likeness (QED) is 0.810. The van der Waals surface area contributed by atoms with Gasteiger partial charge in [0.25, 0.3) is 6.43 Å². The third-order valence-corrected chi connectivity index (χ3v) is 3.17. The molecule has 0 bridgehead atoms.